The van der Waals surface area contributed by atoms with E-state index >= 15 is 0 Å². The van der Waals surface area contributed by atoms with E-state index in [4.69, 9.17) is 0 Å². The predicted molar refractivity (Wildman–Crippen MR) is 91.6 cm³/mol. The second kappa shape index (κ2) is 6.31. The average Bonchev–Trinajstić information content (AvgIpc) is 3.22. The minimum atomic E-state index is -0.888. The molecule has 0 aromatic heterocycles. The first kappa shape index (κ1) is 16.9. The van der Waals surface area contributed by atoms with Crippen LogP contribution in [0.4, 0.5) is 8.78 Å². The quantitative estimate of drug-likeness (QED) is 0.817. The molecule has 0 radical (unpaired) electrons. The van der Waals surface area contributed by atoms with Gasteiger partial charge in [-0.3, -0.25) is 9.59 Å². The molecular formula is C21H18F2O3. The SMILES string of the molecule is O=C(O)C1C2CCC(C2)C1C(=O)c1ccc(-c2ccc(F)cc2F)cc1. The van der Waals surface area contributed by atoms with Crippen molar-refractivity contribution in [1.29, 1.82) is 0 Å². The summed E-state index contributed by atoms with van der Waals surface area (Å²) < 4.78 is 27.0. The Morgan fingerprint density at radius 3 is 2.19 bits per heavy atom. The van der Waals surface area contributed by atoms with Crippen molar-refractivity contribution in [3.05, 3.63) is 59.7 Å². The molecule has 0 saturated heterocycles. The van der Waals surface area contributed by atoms with Crippen LogP contribution in [-0.4, -0.2) is 16.9 Å². The number of hydrogen-bond donors (Lipinski definition) is 1. The molecule has 2 saturated carbocycles. The van der Waals surface area contributed by atoms with Crippen LogP contribution in [0.15, 0.2) is 42.5 Å². The first-order chi connectivity index (χ1) is 12.5. The van der Waals surface area contributed by atoms with Crippen LogP contribution >= 0.6 is 0 Å². The second-order valence-electron chi connectivity index (χ2n) is 7.29. The van der Waals surface area contributed by atoms with E-state index in [0.717, 1.165) is 25.3 Å². The van der Waals surface area contributed by atoms with E-state index in [2.05, 4.69) is 0 Å². The standard InChI is InChI=1S/C21H18F2O3/c22-15-7-8-16(17(23)10-15)11-1-3-12(4-2-11)20(24)18-13-5-6-14(9-13)19(18)21(25)26/h1-4,7-8,10,13-14,18-19H,5-6,9H2,(H,25,26). The van der Waals surface area contributed by atoms with Crippen LogP contribution in [0.25, 0.3) is 11.1 Å². The third-order valence-electron chi connectivity index (χ3n) is 5.92. The van der Waals surface area contributed by atoms with Crippen molar-refractivity contribution in [3.8, 4) is 11.1 Å². The van der Waals surface area contributed by atoms with Gasteiger partial charge >= 0.3 is 5.97 Å². The Labute approximate surface area is 149 Å². The van der Waals surface area contributed by atoms with Crippen LogP contribution in [0.2, 0.25) is 0 Å². The smallest absolute Gasteiger partial charge is 0.307 e. The minimum absolute atomic E-state index is 0.0963. The summed E-state index contributed by atoms with van der Waals surface area (Å²) >= 11 is 0. The van der Waals surface area contributed by atoms with Gasteiger partial charge in [-0.1, -0.05) is 24.3 Å². The Morgan fingerprint density at radius 2 is 1.58 bits per heavy atom. The average molecular weight is 356 g/mol. The van der Waals surface area contributed by atoms with Gasteiger partial charge in [0.1, 0.15) is 11.6 Å². The Hall–Kier alpha value is -2.56. The minimum Gasteiger partial charge on any atom is -0.481 e. The van der Waals surface area contributed by atoms with Crippen molar-refractivity contribution < 1.29 is 23.5 Å². The molecule has 2 aromatic rings. The van der Waals surface area contributed by atoms with Crippen molar-refractivity contribution in [2.75, 3.05) is 0 Å². The summed E-state index contributed by atoms with van der Waals surface area (Å²) in [4.78, 5) is 24.5. The van der Waals surface area contributed by atoms with E-state index in [0.29, 0.717) is 11.1 Å². The number of fused-ring (bicyclic) bond motifs is 2. The number of carboxylic acids is 1. The molecule has 0 spiro atoms. The van der Waals surface area contributed by atoms with Crippen molar-refractivity contribution >= 4 is 11.8 Å². The molecule has 0 aliphatic heterocycles. The molecule has 0 heterocycles. The van der Waals surface area contributed by atoms with Crippen LogP contribution in [-0.2, 0) is 4.79 Å². The summed E-state index contributed by atoms with van der Waals surface area (Å²) in [6, 6.07) is 9.80. The van der Waals surface area contributed by atoms with Gasteiger partial charge in [0.2, 0.25) is 0 Å². The van der Waals surface area contributed by atoms with Crippen LogP contribution in [0, 0.1) is 35.3 Å². The summed E-state index contributed by atoms with van der Waals surface area (Å²) in [6.07, 6.45) is 2.60. The molecule has 2 bridgehead atoms. The molecule has 134 valence electrons. The number of hydrogen-bond acceptors (Lipinski definition) is 2. The van der Waals surface area contributed by atoms with Gasteiger partial charge in [-0.2, -0.15) is 0 Å². The van der Waals surface area contributed by atoms with E-state index in [9.17, 15) is 23.5 Å². The summed E-state index contributed by atoms with van der Waals surface area (Å²) in [5.41, 5.74) is 1.25. The summed E-state index contributed by atoms with van der Waals surface area (Å²) in [5.74, 6) is -3.18. The summed E-state index contributed by atoms with van der Waals surface area (Å²) in [6.45, 7) is 0. The second-order valence-corrected chi connectivity index (χ2v) is 7.29. The van der Waals surface area contributed by atoms with E-state index in [1.165, 1.54) is 12.1 Å². The first-order valence-electron chi connectivity index (χ1n) is 8.78. The lowest BCUT2D eigenvalue weighted by molar-refractivity contribution is -0.144. The van der Waals surface area contributed by atoms with Crippen molar-refractivity contribution in [2.45, 2.75) is 19.3 Å². The maximum Gasteiger partial charge on any atom is 0.307 e. The van der Waals surface area contributed by atoms with E-state index < -0.39 is 29.4 Å². The lowest BCUT2D eigenvalue weighted by Gasteiger charge is -2.27. The predicted octanol–water partition coefficient (Wildman–Crippen LogP) is 4.56. The molecule has 4 atom stereocenters. The number of carbonyl (C=O) groups excluding carboxylic acids is 1. The van der Waals surface area contributed by atoms with Gasteiger partial charge in [-0.25, -0.2) is 8.78 Å². The molecule has 3 nitrogen and oxygen atoms in total. The molecule has 0 amide bonds. The first-order valence-corrected chi connectivity index (χ1v) is 8.78. The van der Waals surface area contributed by atoms with Crippen molar-refractivity contribution in [2.24, 2.45) is 23.7 Å². The lowest BCUT2D eigenvalue weighted by Crippen LogP contribution is -2.34. The largest absolute Gasteiger partial charge is 0.481 e. The van der Waals surface area contributed by atoms with E-state index in [1.807, 2.05) is 0 Å². The molecule has 5 heteroatoms. The molecule has 2 aliphatic rings. The van der Waals surface area contributed by atoms with Crippen LogP contribution in [0.5, 0.6) is 0 Å². The molecule has 2 aromatic carbocycles. The van der Waals surface area contributed by atoms with Gasteiger partial charge in [-0.15, -0.1) is 0 Å². The summed E-state index contributed by atoms with van der Waals surface area (Å²) in [7, 11) is 0. The fraction of sp³-hybridized carbons (Fsp3) is 0.333. The van der Waals surface area contributed by atoms with E-state index in [1.54, 1.807) is 24.3 Å². The van der Waals surface area contributed by atoms with Gasteiger partial charge in [0.25, 0.3) is 0 Å². The highest BCUT2D eigenvalue weighted by Gasteiger charge is 2.53. The van der Waals surface area contributed by atoms with Crippen LogP contribution < -0.4 is 0 Å². The van der Waals surface area contributed by atoms with Crippen molar-refractivity contribution in [1.82, 2.24) is 0 Å². The zero-order chi connectivity index (χ0) is 18.4. The van der Waals surface area contributed by atoms with Crippen LogP contribution in [0.3, 0.4) is 0 Å². The highest BCUT2D eigenvalue weighted by atomic mass is 19.1. The molecular weight excluding hydrogens is 338 g/mol. The van der Waals surface area contributed by atoms with Gasteiger partial charge in [-0.05, 0) is 48.8 Å². The highest BCUT2D eigenvalue weighted by Crippen LogP contribution is 2.53. The number of halogens is 2. The molecule has 1 N–H and O–H groups in total. The highest BCUT2D eigenvalue weighted by molar-refractivity contribution is 6.01. The Kier molecular flexibility index (Phi) is 4.10. The number of rotatable bonds is 4. The van der Waals surface area contributed by atoms with Gasteiger partial charge < -0.3 is 5.11 Å². The zero-order valence-electron chi connectivity index (χ0n) is 14.0. The Bertz CT molecular complexity index is 875. The van der Waals surface area contributed by atoms with Crippen LogP contribution in [0.1, 0.15) is 29.6 Å². The Morgan fingerprint density at radius 1 is 0.923 bits per heavy atom. The normalized spacial score (nSPS) is 26.8. The maximum absolute atomic E-state index is 13.9. The molecule has 26 heavy (non-hydrogen) atoms. The zero-order valence-corrected chi connectivity index (χ0v) is 14.0. The third kappa shape index (κ3) is 2.71. The van der Waals surface area contributed by atoms with Gasteiger partial charge in [0.05, 0.1) is 5.92 Å². The maximum atomic E-state index is 13.9. The van der Waals surface area contributed by atoms with Gasteiger partial charge in [0, 0.05) is 23.1 Å². The fourth-order valence-electron chi connectivity index (χ4n) is 4.75. The Balaban J connectivity index is 1.61. The molecule has 2 aliphatic carbocycles. The number of aliphatic carboxylic acids is 1. The third-order valence-corrected chi connectivity index (χ3v) is 5.92. The molecule has 2 fully saturated rings. The van der Waals surface area contributed by atoms with Gasteiger partial charge in [0.15, 0.2) is 5.78 Å². The van der Waals surface area contributed by atoms with Crippen molar-refractivity contribution in [3.63, 3.8) is 0 Å². The fourth-order valence-corrected chi connectivity index (χ4v) is 4.75. The summed E-state index contributed by atoms with van der Waals surface area (Å²) in [5, 5.41) is 9.52. The van der Waals surface area contributed by atoms with E-state index in [-0.39, 0.29) is 23.2 Å². The number of ketones is 1. The number of benzene rings is 2. The lowest BCUT2D eigenvalue weighted by atomic mass is 9.75. The number of Topliss-reactive ketones (excluding diaryl/α,β-unsaturated/α-hetero) is 1. The number of carbonyl (C=O) groups is 2. The number of carboxylic acid groups (broad SMARTS) is 1. The topological polar surface area (TPSA) is 54.4 Å². The molecule has 4 unspecified atom stereocenters. The molecule has 4 rings (SSSR count). The monoisotopic (exact) mass is 356 g/mol.